The lowest BCUT2D eigenvalue weighted by Gasteiger charge is -1.90. The first kappa shape index (κ1) is 11.2. The van der Waals surface area contributed by atoms with Gasteiger partial charge in [-0.25, -0.2) is 16.5 Å². The van der Waals surface area contributed by atoms with Gasteiger partial charge in [-0.1, -0.05) is 18.2 Å². The number of nitrogens with one attached hydrogen (secondary N) is 2. The first-order chi connectivity index (χ1) is 6.20. The molecule has 0 heterocycles. The number of aromatic hydroxyl groups is 1. The molecule has 0 aromatic heterocycles. The summed E-state index contributed by atoms with van der Waals surface area (Å²) in [6, 6.07) is 8.11. The van der Waals surface area contributed by atoms with Crippen molar-refractivity contribution in [1.29, 1.82) is 0 Å². The zero-order valence-corrected chi connectivity index (χ0v) is 6.90. The molecule has 0 atom stereocenters. The summed E-state index contributed by atoms with van der Waals surface area (Å²) in [4.78, 5) is 9.71. The first-order valence-electron chi connectivity index (χ1n) is 3.42. The van der Waals surface area contributed by atoms with E-state index in [1.165, 1.54) is 0 Å². The Labute approximate surface area is 75.5 Å². The van der Waals surface area contributed by atoms with Crippen LogP contribution in [0.5, 0.6) is 5.75 Å². The number of urea groups is 1. The highest BCUT2D eigenvalue weighted by Gasteiger charge is 1.83. The molecule has 0 fully saturated rings. The van der Waals surface area contributed by atoms with E-state index >= 15 is 0 Å². The average Bonchev–Trinajstić information content (AvgIpc) is 2.19. The third-order valence-corrected chi connectivity index (χ3v) is 1.02. The second-order valence-electron chi connectivity index (χ2n) is 1.95. The van der Waals surface area contributed by atoms with Crippen LogP contribution >= 0.6 is 0 Å². The summed E-state index contributed by atoms with van der Waals surface area (Å²) in [6.45, 7) is 0. The Kier molecular flexibility index (Phi) is 5.94. The molecule has 1 rings (SSSR count). The van der Waals surface area contributed by atoms with Crippen LogP contribution in [0.3, 0.4) is 0 Å². The average molecular weight is 184 g/mol. The van der Waals surface area contributed by atoms with Crippen molar-refractivity contribution in [2.75, 3.05) is 0 Å². The monoisotopic (exact) mass is 184 g/mol. The highest BCUT2D eigenvalue weighted by Crippen LogP contribution is 2.02. The molecule has 0 aliphatic carbocycles. The Morgan fingerprint density at radius 2 is 1.62 bits per heavy atom. The van der Waals surface area contributed by atoms with E-state index in [0.29, 0.717) is 5.75 Å². The summed E-state index contributed by atoms with van der Waals surface area (Å²) in [7, 11) is 0. The van der Waals surface area contributed by atoms with Gasteiger partial charge in [0.2, 0.25) is 0 Å². The van der Waals surface area contributed by atoms with Gasteiger partial charge in [0, 0.05) is 0 Å². The number of hydrogen-bond acceptors (Lipinski definition) is 4. The van der Waals surface area contributed by atoms with Crippen LogP contribution in [0.1, 0.15) is 0 Å². The second kappa shape index (κ2) is 6.89. The summed E-state index contributed by atoms with van der Waals surface area (Å²) >= 11 is 0. The number of hydrazine groups is 2. The molecule has 0 aliphatic heterocycles. The van der Waals surface area contributed by atoms with Gasteiger partial charge in [0.1, 0.15) is 5.75 Å². The summed E-state index contributed by atoms with van der Waals surface area (Å²) in [6.07, 6.45) is 0. The minimum Gasteiger partial charge on any atom is -0.508 e. The molecular formula is C7H12N4O2. The van der Waals surface area contributed by atoms with Gasteiger partial charge >= 0.3 is 6.03 Å². The highest BCUT2D eigenvalue weighted by atomic mass is 16.3. The molecule has 6 heteroatoms. The van der Waals surface area contributed by atoms with Crippen LogP contribution in [0.4, 0.5) is 4.79 Å². The van der Waals surface area contributed by atoms with Gasteiger partial charge in [-0.2, -0.15) is 0 Å². The molecule has 6 nitrogen and oxygen atoms in total. The zero-order valence-electron chi connectivity index (χ0n) is 6.90. The van der Waals surface area contributed by atoms with E-state index < -0.39 is 6.03 Å². The van der Waals surface area contributed by atoms with Gasteiger partial charge in [-0.15, -0.1) is 0 Å². The normalized spacial score (nSPS) is 7.85. The topological polar surface area (TPSA) is 113 Å². The van der Waals surface area contributed by atoms with Crippen LogP contribution in [0, 0.1) is 0 Å². The molecule has 0 bridgehead atoms. The number of carbonyl (C=O) groups is 1. The van der Waals surface area contributed by atoms with Crippen LogP contribution in [0.25, 0.3) is 0 Å². The minimum absolute atomic E-state index is 0.322. The number of amides is 2. The smallest absolute Gasteiger partial charge is 0.343 e. The molecule has 2 amide bonds. The maximum atomic E-state index is 9.71. The van der Waals surface area contributed by atoms with Crippen LogP contribution < -0.4 is 22.5 Å². The quantitative estimate of drug-likeness (QED) is 0.211. The zero-order chi connectivity index (χ0) is 10.1. The number of phenolic OH excluding ortho intramolecular Hbond substituents is 1. The number of phenols is 1. The Bertz CT molecular complexity index is 234. The van der Waals surface area contributed by atoms with Crippen molar-refractivity contribution in [3.8, 4) is 5.75 Å². The fourth-order valence-corrected chi connectivity index (χ4v) is 0.470. The molecule has 1 aromatic rings. The SMILES string of the molecule is NNC(=O)NN.Oc1ccccc1. The number of para-hydroxylation sites is 1. The number of benzene rings is 1. The number of nitrogens with two attached hydrogens (primary N) is 2. The van der Waals surface area contributed by atoms with E-state index in [4.69, 9.17) is 5.11 Å². The van der Waals surface area contributed by atoms with Crippen molar-refractivity contribution in [3.05, 3.63) is 30.3 Å². The molecule has 0 saturated carbocycles. The molecule has 7 N–H and O–H groups in total. The molecule has 0 saturated heterocycles. The third-order valence-electron chi connectivity index (χ3n) is 1.02. The second-order valence-corrected chi connectivity index (χ2v) is 1.95. The van der Waals surface area contributed by atoms with E-state index in [0.717, 1.165) is 0 Å². The fourth-order valence-electron chi connectivity index (χ4n) is 0.470. The predicted octanol–water partition coefficient (Wildman–Crippen LogP) is -0.575. The molecule has 0 radical (unpaired) electrons. The van der Waals surface area contributed by atoms with Gasteiger partial charge in [-0.05, 0) is 12.1 Å². The Hall–Kier alpha value is -1.79. The molecule has 0 unspecified atom stereocenters. The van der Waals surface area contributed by atoms with Crippen molar-refractivity contribution >= 4 is 6.03 Å². The van der Waals surface area contributed by atoms with E-state index in [-0.39, 0.29) is 0 Å². The van der Waals surface area contributed by atoms with Crippen LogP contribution in [-0.2, 0) is 0 Å². The van der Waals surface area contributed by atoms with Crippen molar-refractivity contribution in [2.45, 2.75) is 0 Å². The van der Waals surface area contributed by atoms with Crippen LogP contribution in [-0.4, -0.2) is 11.1 Å². The van der Waals surface area contributed by atoms with Gasteiger partial charge in [0.05, 0.1) is 0 Å². The fraction of sp³-hybridized carbons (Fsp3) is 0. The molecule has 13 heavy (non-hydrogen) atoms. The van der Waals surface area contributed by atoms with Gasteiger partial charge in [-0.3, -0.25) is 10.9 Å². The largest absolute Gasteiger partial charge is 0.508 e. The van der Waals surface area contributed by atoms with Crippen molar-refractivity contribution in [1.82, 2.24) is 10.9 Å². The van der Waals surface area contributed by atoms with E-state index in [9.17, 15) is 4.79 Å². The lowest BCUT2D eigenvalue weighted by atomic mass is 10.3. The van der Waals surface area contributed by atoms with E-state index in [2.05, 4.69) is 11.7 Å². The minimum atomic E-state index is -0.602. The summed E-state index contributed by atoms with van der Waals surface area (Å²) in [5, 5.41) is 8.63. The molecule has 0 aliphatic rings. The van der Waals surface area contributed by atoms with Crippen molar-refractivity contribution in [3.63, 3.8) is 0 Å². The van der Waals surface area contributed by atoms with E-state index in [1.807, 2.05) is 6.07 Å². The van der Waals surface area contributed by atoms with Crippen molar-refractivity contribution in [2.24, 2.45) is 11.7 Å². The Balaban J connectivity index is 0.000000226. The maximum absolute atomic E-state index is 9.71. The van der Waals surface area contributed by atoms with Crippen LogP contribution in [0.2, 0.25) is 0 Å². The van der Waals surface area contributed by atoms with Crippen molar-refractivity contribution < 1.29 is 9.90 Å². The number of rotatable bonds is 0. The molecule has 72 valence electrons. The molecule has 1 aromatic carbocycles. The Morgan fingerprint density at radius 1 is 1.15 bits per heavy atom. The lowest BCUT2D eigenvalue weighted by Crippen LogP contribution is -2.43. The van der Waals surface area contributed by atoms with Crippen LogP contribution in [0.15, 0.2) is 30.3 Å². The predicted molar refractivity (Wildman–Crippen MR) is 48.1 cm³/mol. The standard InChI is InChI=1S/C6H6O.CH6N4O/c7-6-4-2-1-3-5-6;2-4-1(6)5-3/h1-5,7H;2-3H2,(H2,4,5,6). The number of hydrogen-bond donors (Lipinski definition) is 5. The summed E-state index contributed by atoms with van der Waals surface area (Å²) in [5.41, 5.74) is 3.48. The summed E-state index contributed by atoms with van der Waals surface area (Å²) < 4.78 is 0. The number of carbonyl (C=O) groups excluding carboxylic acids is 1. The van der Waals surface area contributed by atoms with Gasteiger partial charge in [0.25, 0.3) is 0 Å². The first-order valence-corrected chi connectivity index (χ1v) is 3.42. The van der Waals surface area contributed by atoms with Gasteiger partial charge < -0.3 is 5.11 Å². The third kappa shape index (κ3) is 6.60. The summed E-state index contributed by atoms with van der Waals surface area (Å²) in [5.74, 6) is 9.40. The maximum Gasteiger partial charge on any atom is 0.343 e. The molecular weight excluding hydrogens is 172 g/mol. The lowest BCUT2D eigenvalue weighted by molar-refractivity contribution is 0.241. The Morgan fingerprint density at radius 3 is 1.77 bits per heavy atom. The molecule has 0 spiro atoms. The highest BCUT2D eigenvalue weighted by molar-refractivity contribution is 5.72. The van der Waals surface area contributed by atoms with Gasteiger partial charge in [0.15, 0.2) is 0 Å². The van der Waals surface area contributed by atoms with E-state index in [1.54, 1.807) is 35.1 Å².